The van der Waals surface area contributed by atoms with Crippen LogP contribution in [0.1, 0.15) is 128 Å². The summed E-state index contributed by atoms with van der Waals surface area (Å²) in [7, 11) is 0. The Morgan fingerprint density at radius 2 is 0.926 bits per heavy atom. The number of hydrogen-bond donors (Lipinski definition) is 0. The molecule has 0 aromatic carbocycles. The summed E-state index contributed by atoms with van der Waals surface area (Å²) in [4.78, 5) is 0. The van der Waals surface area contributed by atoms with E-state index in [0.29, 0.717) is 0 Å². The number of nitrogens with zero attached hydrogens (tertiary/aromatic N) is 1. The lowest BCUT2D eigenvalue weighted by atomic mass is 10.0. The SMILES string of the molecule is CCCCCCCCCCCCC[n+]1cc(CCCC)cc(CCCC)c1. The van der Waals surface area contributed by atoms with Crippen LogP contribution in [0.25, 0.3) is 0 Å². The molecule has 0 aliphatic carbocycles. The number of rotatable bonds is 18. The van der Waals surface area contributed by atoms with E-state index in [-0.39, 0.29) is 0 Å². The summed E-state index contributed by atoms with van der Waals surface area (Å²) in [6, 6.07) is 2.46. The van der Waals surface area contributed by atoms with Crippen LogP contribution in [0.2, 0.25) is 0 Å². The second-order valence-electron chi connectivity index (χ2n) is 8.53. The number of hydrogen-bond acceptors (Lipinski definition) is 0. The lowest BCUT2D eigenvalue weighted by Crippen LogP contribution is -2.34. The van der Waals surface area contributed by atoms with Crippen molar-refractivity contribution in [1.82, 2.24) is 0 Å². The van der Waals surface area contributed by atoms with Crippen LogP contribution < -0.4 is 4.57 Å². The van der Waals surface area contributed by atoms with Gasteiger partial charge in [0.1, 0.15) is 6.54 Å². The van der Waals surface area contributed by atoms with Crippen LogP contribution in [-0.4, -0.2) is 0 Å². The zero-order valence-corrected chi connectivity index (χ0v) is 18.9. The number of pyridine rings is 1. The maximum Gasteiger partial charge on any atom is 0.171 e. The zero-order valence-electron chi connectivity index (χ0n) is 18.9. The van der Waals surface area contributed by atoms with Gasteiger partial charge in [-0.05, 0) is 38.2 Å². The quantitative estimate of drug-likeness (QED) is 0.181. The van der Waals surface area contributed by atoms with E-state index >= 15 is 0 Å². The van der Waals surface area contributed by atoms with Gasteiger partial charge in [-0.1, -0.05) is 91.4 Å². The predicted octanol–water partition coefficient (Wildman–Crippen LogP) is 7.97. The van der Waals surface area contributed by atoms with E-state index in [9.17, 15) is 0 Å². The molecule has 1 aromatic rings. The van der Waals surface area contributed by atoms with E-state index < -0.39 is 0 Å². The molecule has 1 aromatic heterocycles. The normalized spacial score (nSPS) is 11.2. The summed E-state index contributed by atoms with van der Waals surface area (Å²) < 4.78 is 2.49. The minimum Gasteiger partial charge on any atom is -0.205 e. The molecular formula is C26H48N+. The highest BCUT2D eigenvalue weighted by Gasteiger charge is 2.08. The summed E-state index contributed by atoms with van der Waals surface area (Å²) >= 11 is 0. The molecule has 1 rings (SSSR count). The highest BCUT2D eigenvalue weighted by molar-refractivity contribution is 5.15. The average Bonchev–Trinajstić information content (AvgIpc) is 2.69. The van der Waals surface area contributed by atoms with E-state index in [1.807, 2.05) is 0 Å². The van der Waals surface area contributed by atoms with Crippen LogP contribution in [0.5, 0.6) is 0 Å². The minimum absolute atomic E-state index is 1.20. The molecule has 156 valence electrons. The molecule has 0 bridgehead atoms. The standard InChI is InChI=1S/C26H48N/c1-4-7-10-11-12-13-14-15-16-17-18-21-27-23-25(19-8-5-2)22-26(24-27)20-9-6-3/h22-24H,4-21H2,1-3H3/q+1. The van der Waals surface area contributed by atoms with Crippen LogP contribution in [0, 0.1) is 0 Å². The Kier molecular flexibility index (Phi) is 15.5. The van der Waals surface area contributed by atoms with Gasteiger partial charge in [-0.15, -0.1) is 0 Å². The van der Waals surface area contributed by atoms with Gasteiger partial charge in [0.15, 0.2) is 12.4 Å². The Bertz CT molecular complexity index is 425. The van der Waals surface area contributed by atoms with Crippen LogP contribution >= 0.6 is 0 Å². The molecule has 1 heterocycles. The summed E-state index contributed by atoms with van der Waals surface area (Å²) in [6.07, 6.45) is 28.2. The minimum atomic E-state index is 1.20. The molecule has 0 spiro atoms. The molecule has 0 fully saturated rings. The molecule has 0 radical (unpaired) electrons. The number of aromatic nitrogens is 1. The molecule has 0 unspecified atom stereocenters. The van der Waals surface area contributed by atoms with Gasteiger partial charge >= 0.3 is 0 Å². The van der Waals surface area contributed by atoms with Crippen LogP contribution in [0.4, 0.5) is 0 Å². The van der Waals surface area contributed by atoms with Gasteiger partial charge in [0.2, 0.25) is 0 Å². The first-order chi connectivity index (χ1) is 13.3. The Morgan fingerprint density at radius 3 is 1.37 bits per heavy atom. The Balaban J connectivity index is 2.22. The second-order valence-corrected chi connectivity index (χ2v) is 8.53. The average molecular weight is 375 g/mol. The van der Waals surface area contributed by atoms with Crippen molar-refractivity contribution in [1.29, 1.82) is 0 Å². The molecule has 0 amide bonds. The van der Waals surface area contributed by atoms with E-state index in [1.165, 1.54) is 116 Å². The first-order valence-corrected chi connectivity index (χ1v) is 12.3. The third kappa shape index (κ3) is 13.0. The van der Waals surface area contributed by atoms with Crippen LogP contribution in [0.3, 0.4) is 0 Å². The Labute approximate surface area is 171 Å². The van der Waals surface area contributed by atoms with Gasteiger partial charge in [-0.2, -0.15) is 0 Å². The van der Waals surface area contributed by atoms with Crippen LogP contribution in [0.15, 0.2) is 18.5 Å². The monoisotopic (exact) mass is 374 g/mol. The molecule has 1 heteroatoms. The Morgan fingerprint density at radius 1 is 0.519 bits per heavy atom. The summed E-state index contributed by atoms with van der Waals surface area (Å²) in [5.74, 6) is 0. The van der Waals surface area contributed by atoms with Gasteiger partial charge in [-0.25, -0.2) is 4.57 Å². The molecule has 0 saturated carbocycles. The second kappa shape index (κ2) is 17.3. The lowest BCUT2D eigenvalue weighted by molar-refractivity contribution is -0.698. The molecule has 1 nitrogen and oxygen atoms in total. The fraction of sp³-hybridized carbons (Fsp3) is 0.808. The molecule has 0 aliphatic rings. The largest absolute Gasteiger partial charge is 0.205 e. The van der Waals surface area contributed by atoms with E-state index in [1.54, 1.807) is 11.1 Å². The van der Waals surface area contributed by atoms with Crippen LogP contribution in [-0.2, 0) is 19.4 Å². The van der Waals surface area contributed by atoms with Crippen molar-refractivity contribution >= 4 is 0 Å². The summed E-state index contributed by atoms with van der Waals surface area (Å²) in [5, 5.41) is 0. The predicted molar refractivity (Wildman–Crippen MR) is 120 cm³/mol. The maximum absolute atomic E-state index is 2.49. The third-order valence-electron chi connectivity index (χ3n) is 5.69. The Hall–Kier alpha value is -0.850. The molecular weight excluding hydrogens is 326 g/mol. The number of aryl methyl sites for hydroxylation is 3. The molecule has 0 atom stereocenters. The van der Waals surface area contributed by atoms with Crippen molar-refractivity contribution in [3.63, 3.8) is 0 Å². The first kappa shape index (κ1) is 24.2. The van der Waals surface area contributed by atoms with Crippen molar-refractivity contribution in [3.8, 4) is 0 Å². The third-order valence-corrected chi connectivity index (χ3v) is 5.69. The fourth-order valence-electron chi connectivity index (χ4n) is 3.90. The maximum atomic E-state index is 2.49. The smallest absolute Gasteiger partial charge is 0.171 e. The van der Waals surface area contributed by atoms with Crippen molar-refractivity contribution < 1.29 is 4.57 Å². The lowest BCUT2D eigenvalue weighted by Gasteiger charge is -2.06. The van der Waals surface area contributed by atoms with Gasteiger partial charge in [0.05, 0.1) is 0 Å². The highest BCUT2D eigenvalue weighted by Crippen LogP contribution is 2.12. The zero-order chi connectivity index (χ0) is 19.6. The van der Waals surface area contributed by atoms with Crippen molar-refractivity contribution in [2.24, 2.45) is 0 Å². The number of unbranched alkanes of at least 4 members (excludes halogenated alkanes) is 12. The molecule has 0 aliphatic heterocycles. The summed E-state index contributed by atoms with van der Waals surface area (Å²) in [6.45, 7) is 8.09. The molecule has 27 heavy (non-hydrogen) atoms. The topological polar surface area (TPSA) is 3.88 Å². The van der Waals surface area contributed by atoms with E-state index in [4.69, 9.17) is 0 Å². The van der Waals surface area contributed by atoms with Gasteiger partial charge in [0, 0.05) is 17.5 Å². The van der Waals surface area contributed by atoms with Gasteiger partial charge in [-0.3, -0.25) is 0 Å². The van der Waals surface area contributed by atoms with E-state index in [2.05, 4.69) is 43.8 Å². The summed E-state index contributed by atoms with van der Waals surface area (Å²) in [5.41, 5.74) is 3.10. The van der Waals surface area contributed by atoms with Gasteiger partial charge in [0.25, 0.3) is 0 Å². The highest BCUT2D eigenvalue weighted by atomic mass is 14.9. The fourth-order valence-corrected chi connectivity index (χ4v) is 3.90. The van der Waals surface area contributed by atoms with Crippen molar-refractivity contribution in [2.75, 3.05) is 0 Å². The van der Waals surface area contributed by atoms with E-state index in [0.717, 1.165) is 0 Å². The first-order valence-electron chi connectivity index (χ1n) is 12.3. The van der Waals surface area contributed by atoms with Crippen molar-refractivity contribution in [3.05, 3.63) is 29.6 Å². The van der Waals surface area contributed by atoms with Gasteiger partial charge < -0.3 is 0 Å². The van der Waals surface area contributed by atoms with Crippen molar-refractivity contribution in [2.45, 2.75) is 136 Å². The molecule has 0 saturated heterocycles. The molecule has 0 N–H and O–H groups in total.